The van der Waals surface area contributed by atoms with Crippen molar-refractivity contribution in [1.29, 1.82) is 0 Å². The Morgan fingerprint density at radius 1 is 0.417 bits per heavy atom. The number of anilines is 2. The van der Waals surface area contributed by atoms with Crippen LogP contribution in [0.5, 0.6) is 11.5 Å². The van der Waals surface area contributed by atoms with E-state index in [0.717, 1.165) is 36.4 Å². The molecule has 0 radical (unpaired) electrons. The molecule has 0 fully saturated rings. The van der Waals surface area contributed by atoms with Gasteiger partial charge in [0.1, 0.15) is 11.5 Å². The van der Waals surface area contributed by atoms with Crippen LogP contribution in [0.15, 0.2) is 36.4 Å². The molecule has 12 heteroatoms. The molecule has 4 aromatic carbocycles. The fourth-order valence-electron chi connectivity index (χ4n) is 3.63. The number of nitrogen functional groups attached to an aromatic ring is 2. The van der Waals surface area contributed by atoms with Crippen molar-refractivity contribution in [1.82, 2.24) is 0 Å². The monoisotopic (exact) mass is 512 g/mol. The van der Waals surface area contributed by atoms with E-state index in [-0.39, 0.29) is 0 Å². The Morgan fingerprint density at radius 2 is 0.667 bits per heavy atom. The Labute approximate surface area is 196 Å². The minimum atomic E-state index is -2.35. The van der Waals surface area contributed by atoms with Crippen molar-refractivity contribution in [2.24, 2.45) is 0 Å². The van der Waals surface area contributed by atoms with E-state index >= 15 is 0 Å². The summed E-state index contributed by atoms with van der Waals surface area (Å²) in [6.07, 6.45) is 0. The minimum absolute atomic E-state index is 0.414. The Kier molecular flexibility index (Phi) is 5.91. The summed E-state index contributed by atoms with van der Waals surface area (Å²) < 4.78 is 119. The molecule has 0 amide bonds. The van der Waals surface area contributed by atoms with Gasteiger partial charge < -0.3 is 21.7 Å². The highest BCUT2D eigenvalue weighted by molar-refractivity contribution is 5.79. The van der Waals surface area contributed by atoms with E-state index in [9.17, 15) is 45.3 Å². The lowest BCUT2D eigenvalue weighted by atomic mass is 9.93. The first kappa shape index (κ1) is 24.6. The van der Waals surface area contributed by atoms with Crippen molar-refractivity contribution < 1.29 is 45.3 Å². The molecule has 0 spiro atoms. The number of phenols is 2. The summed E-state index contributed by atoms with van der Waals surface area (Å²) in [6.45, 7) is 0. The van der Waals surface area contributed by atoms with Crippen LogP contribution < -0.4 is 11.5 Å². The lowest BCUT2D eigenvalue weighted by Crippen LogP contribution is -2.09. The number of phenolic OH excluding ortho intramolecular Hbond substituents is 2. The number of hydrogen-bond donors (Lipinski definition) is 4. The predicted molar refractivity (Wildman–Crippen MR) is 115 cm³/mol. The highest BCUT2D eigenvalue weighted by atomic mass is 19.2. The Hall–Kier alpha value is -4.48. The highest BCUT2D eigenvalue weighted by Gasteiger charge is 2.34. The molecule has 4 aromatic rings. The second kappa shape index (κ2) is 8.63. The number of rotatable bonds is 3. The zero-order chi connectivity index (χ0) is 26.6. The van der Waals surface area contributed by atoms with Crippen molar-refractivity contribution in [2.45, 2.75) is 0 Å². The van der Waals surface area contributed by atoms with Crippen molar-refractivity contribution in [3.05, 3.63) is 82.9 Å². The molecule has 36 heavy (non-hydrogen) atoms. The highest BCUT2D eigenvalue weighted by Crippen LogP contribution is 2.43. The summed E-state index contributed by atoms with van der Waals surface area (Å²) in [7, 11) is 0. The maximum Gasteiger partial charge on any atom is 0.170 e. The van der Waals surface area contributed by atoms with Crippen LogP contribution in [0.2, 0.25) is 0 Å². The van der Waals surface area contributed by atoms with Gasteiger partial charge >= 0.3 is 0 Å². The van der Waals surface area contributed by atoms with Gasteiger partial charge in [0.25, 0.3) is 0 Å². The van der Waals surface area contributed by atoms with Crippen LogP contribution in [0.1, 0.15) is 0 Å². The van der Waals surface area contributed by atoms with Crippen molar-refractivity contribution >= 4 is 11.4 Å². The molecular weight excluding hydrogens is 500 g/mol. The molecule has 0 aromatic heterocycles. The third-order valence-corrected chi connectivity index (χ3v) is 5.41. The molecule has 0 saturated heterocycles. The number of benzene rings is 4. The lowest BCUT2D eigenvalue weighted by molar-refractivity contribution is 0.446. The van der Waals surface area contributed by atoms with E-state index in [1.165, 1.54) is 0 Å². The molecule has 0 unspecified atom stereocenters. The third-order valence-electron chi connectivity index (χ3n) is 5.41. The molecule has 0 aliphatic carbocycles. The van der Waals surface area contributed by atoms with Crippen LogP contribution in [0.3, 0.4) is 0 Å². The third kappa shape index (κ3) is 3.61. The Bertz CT molecular complexity index is 1400. The fraction of sp³-hybridized carbons (Fsp3) is 0. The van der Waals surface area contributed by atoms with Gasteiger partial charge in [0.15, 0.2) is 46.5 Å². The quantitative estimate of drug-likeness (QED) is 0.111. The van der Waals surface area contributed by atoms with E-state index in [1.54, 1.807) is 0 Å². The summed E-state index contributed by atoms with van der Waals surface area (Å²) in [5, 5.41) is 18.9. The van der Waals surface area contributed by atoms with E-state index < -0.39 is 103 Å². The van der Waals surface area contributed by atoms with Gasteiger partial charge in [-0.25, -0.2) is 35.1 Å². The van der Waals surface area contributed by atoms with E-state index in [1.807, 2.05) is 0 Å². The molecule has 0 atom stereocenters. The van der Waals surface area contributed by atoms with Crippen LogP contribution >= 0.6 is 0 Å². The largest absolute Gasteiger partial charge is 0.506 e. The minimum Gasteiger partial charge on any atom is -0.506 e. The summed E-state index contributed by atoms with van der Waals surface area (Å²) in [5.74, 6) is -19.0. The summed E-state index contributed by atoms with van der Waals surface area (Å²) in [6, 6.07) is 4.98. The van der Waals surface area contributed by atoms with Gasteiger partial charge in [-0.1, -0.05) is 12.1 Å². The zero-order valence-electron chi connectivity index (χ0n) is 17.5. The number of hydrogen-bond acceptors (Lipinski definition) is 4. The molecule has 0 aliphatic heterocycles. The Morgan fingerprint density at radius 3 is 0.917 bits per heavy atom. The molecule has 0 aliphatic rings. The van der Waals surface area contributed by atoms with Crippen LogP contribution in [-0.2, 0) is 0 Å². The molecule has 0 saturated carbocycles. The second-order valence-corrected chi connectivity index (χ2v) is 7.56. The van der Waals surface area contributed by atoms with Gasteiger partial charge in [0.05, 0.1) is 33.6 Å². The van der Waals surface area contributed by atoms with Crippen LogP contribution in [0.4, 0.5) is 46.5 Å². The SMILES string of the molecule is Nc1cc(-c2c(F)c(F)c(-c3c(F)c(F)c(-c4ccc(O)c(N)c4)c(F)c3F)c(F)c2F)ccc1O. The standard InChI is InChI=1S/C24H12F8N2O2/c25-17-13(7-1-3-11(35)9(33)5-7)18(26)22(30)15(21(17)29)16-23(31)19(27)14(20(28)24(16)32)8-2-4-12(36)10(34)6-8/h1-6,35-36H,33-34H2. The first-order valence-electron chi connectivity index (χ1n) is 9.76. The lowest BCUT2D eigenvalue weighted by Gasteiger charge is -2.16. The molecular formula is C24H12F8N2O2. The van der Waals surface area contributed by atoms with Gasteiger partial charge in [-0.3, -0.25) is 0 Å². The summed E-state index contributed by atoms with van der Waals surface area (Å²) in [4.78, 5) is 0. The molecule has 4 nitrogen and oxygen atoms in total. The number of halogens is 8. The molecule has 0 bridgehead atoms. The molecule has 0 heterocycles. The molecule has 4 rings (SSSR count). The van der Waals surface area contributed by atoms with Gasteiger partial charge in [0, 0.05) is 0 Å². The summed E-state index contributed by atoms with van der Waals surface area (Å²) >= 11 is 0. The first-order valence-corrected chi connectivity index (χ1v) is 9.76. The van der Waals surface area contributed by atoms with Crippen molar-refractivity contribution in [3.63, 3.8) is 0 Å². The summed E-state index contributed by atoms with van der Waals surface area (Å²) in [5.41, 5.74) is 2.14. The average Bonchev–Trinajstić information content (AvgIpc) is 2.83. The normalized spacial score (nSPS) is 11.2. The Balaban J connectivity index is 2.01. The predicted octanol–water partition coefficient (Wildman–Crippen LogP) is 6.38. The molecule has 6 N–H and O–H groups in total. The fourth-order valence-corrected chi connectivity index (χ4v) is 3.63. The van der Waals surface area contributed by atoms with E-state index in [4.69, 9.17) is 11.5 Å². The number of aromatic hydroxyl groups is 2. The zero-order valence-corrected chi connectivity index (χ0v) is 17.5. The topological polar surface area (TPSA) is 92.5 Å². The van der Waals surface area contributed by atoms with Crippen molar-refractivity contribution in [3.8, 4) is 44.9 Å². The van der Waals surface area contributed by atoms with Crippen molar-refractivity contribution in [2.75, 3.05) is 11.5 Å². The van der Waals surface area contributed by atoms with Crippen LogP contribution in [0.25, 0.3) is 33.4 Å². The van der Waals surface area contributed by atoms with E-state index in [2.05, 4.69) is 0 Å². The molecule has 186 valence electrons. The van der Waals surface area contributed by atoms with E-state index in [0.29, 0.717) is 0 Å². The smallest absolute Gasteiger partial charge is 0.170 e. The average molecular weight is 512 g/mol. The van der Waals surface area contributed by atoms with Crippen LogP contribution in [-0.4, -0.2) is 10.2 Å². The number of nitrogens with two attached hydrogens (primary N) is 2. The van der Waals surface area contributed by atoms with Gasteiger partial charge in [-0.2, -0.15) is 0 Å². The second-order valence-electron chi connectivity index (χ2n) is 7.56. The maximum atomic E-state index is 14.9. The van der Waals surface area contributed by atoms with Crippen LogP contribution in [0, 0.1) is 46.5 Å². The van der Waals surface area contributed by atoms with Gasteiger partial charge in [-0.15, -0.1) is 0 Å². The van der Waals surface area contributed by atoms with Gasteiger partial charge in [0.2, 0.25) is 0 Å². The maximum absolute atomic E-state index is 14.9. The first-order chi connectivity index (χ1) is 16.9. The van der Waals surface area contributed by atoms with Gasteiger partial charge in [-0.05, 0) is 35.4 Å².